The summed E-state index contributed by atoms with van der Waals surface area (Å²) in [5.74, 6) is 1.08. The van der Waals surface area contributed by atoms with Crippen LogP contribution < -0.4 is 19.1 Å². The molecule has 8 heteroatoms. The molecular weight excluding hydrogens is 456 g/mol. The molecule has 0 aliphatic rings. The van der Waals surface area contributed by atoms with Crippen molar-refractivity contribution in [1.82, 2.24) is 4.98 Å². The van der Waals surface area contributed by atoms with Crippen LogP contribution in [0.15, 0.2) is 65.6 Å². The number of methoxy groups -OCH3 is 3. The Bertz CT molecular complexity index is 1250. The number of ether oxygens (including phenoxy) is 3. The second kappa shape index (κ2) is 10.1. The van der Waals surface area contributed by atoms with Gasteiger partial charge in [0, 0.05) is 10.5 Å². The van der Waals surface area contributed by atoms with Gasteiger partial charge in [0.2, 0.25) is 5.75 Å². The minimum Gasteiger partial charge on any atom is -0.493 e. The van der Waals surface area contributed by atoms with Crippen LogP contribution in [-0.4, -0.2) is 38.5 Å². The zero-order valence-electron chi connectivity index (χ0n) is 18.8. The third-order valence-electron chi connectivity index (χ3n) is 5.16. The second-order valence-electron chi connectivity index (χ2n) is 7.09. The Kier molecular flexibility index (Phi) is 7.05. The molecule has 0 bridgehead atoms. The quantitative estimate of drug-likeness (QED) is 0.293. The molecule has 33 heavy (non-hydrogen) atoms. The second-order valence-corrected chi connectivity index (χ2v) is 8.95. The first-order valence-corrected chi connectivity index (χ1v) is 12.2. The van der Waals surface area contributed by atoms with Gasteiger partial charge in [0.05, 0.1) is 38.1 Å². The van der Waals surface area contributed by atoms with E-state index in [0.29, 0.717) is 34.5 Å². The Balaban J connectivity index is 1.83. The van der Waals surface area contributed by atoms with Crippen molar-refractivity contribution in [3.63, 3.8) is 0 Å². The van der Waals surface area contributed by atoms with E-state index < -0.39 is 0 Å². The van der Waals surface area contributed by atoms with Gasteiger partial charge in [0.1, 0.15) is 0 Å². The standard InChI is InChI=1S/C25H24N2O4S2/c1-29-18-13-17(14-19(30-2)23(18)31-3)24(28)27(15-16-9-6-5-7-10-16)25-26-22-20(32-4)11-8-12-21(22)33-25/h5-14H,15H2,1-4H3. The van der Waals surface area contributed by atoms with Crippen LogP contribution >= 0.6 is 23.1 Å². The Morgan fingerprint density at radius 3 is 2.27 bits per heavy atom. The monoisotopic (exact) mass is 480 g/mol. The molecule has 0 N–H and O–H groups in total. The molecule has 0 radical (unpaired) electrons. The number of thioether (sulfide) groups is 1. The minimum atomic E-state index is -0.206. The molecule has 1 heterocycles. The average Bonchev–Trinajstić information content (AvgIpc) is 3.30. The maximum Gasteiger partial charge on any atom is 0.260 e. The third kappa shape index (κ3) is 4.62. The van der Waals surface area contributed by atoms with Gasteiger partial charge in [-0.05, 0) is 36.1 Å². The van der Waals surface area contributed by atoms with Crippen LogP contribution in [0.1, 0.15) is 15.9 Å². The van der Waals surface area contributed by atoms with Crippen molar-refractivity contribution in [3.05, 3.63) is 71.8 Å². The average molecular weight is 481 g/mol. The van der Waals surface area contributed by atoms with E-state index in [1.54, 1.807) is 28.8 Å². The number of anilines is 1. The van der Waals surface area contributed by atoms with Crippen LogP contribution in [0, 0.1) is 0 Å². The number of aromatic nitrogens is 1. The molecule has 0 atom stereocenters. The normalized spacial score (nSPS) is 10.8. The molecule has 3 aromatic carbocycles. The van der Waals surface area contributed by atoms with Crippen molar-refractivity contribution in [3.8, 4) is 17.2 Å². The predicted octanol–water partition coefficient (Wildman–Crippen LogP) is 5.89. The van der Waals surface area contributed by atoms with Gasteiger partial charge in [-0.25, -0.2) is 4.98 Å². The van der Waals surface area contributed by atoms with Gasteiger partial charge in [-0.2, -0.15) is 0 Å². The SMILES string of the molecule is COc1cc(C(=O)N(Cc2ccccc2)c2nc3c(SC)cccc3s2)cc(OC)c1OC. The fraction of sp³-hybridized carbons (Fsp3) is 0.200. The lowest BCUT2D eigenvalue weighted by Crippen LogP contribution is -2.30. The lowest BCUT2D eigenvalue weighted by atomic mass is 10.1. The Morgan fingerprint density at radius 1 is 0.970 bits per heavy atom. The Hall–Kier alpha value is -3.23. The number of thiazole rings is 1. The van der Waals surface area contributed by atoms with Crippen LogP contribution in [0.2, 0.25) is 0 Å². The Labute approximate surface area is 201 Å². The molecule has 1 amide bonds. The zero-order chi connectivity index (χ0) is 23.4. The number of fused-ring (bicyclic) bond motifs is 1. The molecule has 6 nitrogen and oxygen atoms in total. The topological polar surface area (TPSA) is 60.9 Å². The van der Waals surface area contributed by atoms with Crippen molar-refractivity contribution >= 4 is 44.4 Å². The molecule has 0 saturated carbocycles. The largest absolute Gasteiger partial charge is 0.493 e. The number of carbonyl (C=O) groups excluding carboxylic acids is 1. The maximum absolute atomic E-state index is 13.9. The molecule has 4 rings (SSSR count). The first-order chi connectivity index (χ1) is 16.1. The number of nitrogens with zero attached hydrogens (tertiary/aromatic N) is 2. The summed E-state index contributed by atoms with van der Waals surface area (Å²) in [6, 6.07) is 19.3. The van der Waals surface area contributed by atoms with Crippen LogP contribution in [0.5, 0.6) is 17.2 Å². The van der Waals surface area contributed by atoms with Gasteiger partial charge in [-0.3, -0.25) is 9.69 Å². The molecule has 170 valence electrons. The van der Waals surface area contributed by atoms with E-state index in [1.165, 1.54) is 32.7 Å². The molecular formula is C25H24N2O4S2. The van der Waals surface area contributed by atoms with Gasteiger partial charge < -0.3 is 14.2 Å². The summed E-state index contributed by atoms with van der Waals surface area (Å²) in [5, 5.41) is 0.633. The number of para-hydroxylation sites is 1. The number of hydrogen-bond donors (Lipinski definition) is 0. The zero-order valence-corrected chi connectivity index (χ0v) is 20.5. The summed E-state index contributed by atoms with van der Waals surface area (Å²) < 4.78 is 17.4. The van der Waals surface area contributed by atoms with Crippen molar-refractivity contribution in [2.75, 3.05) is 32.5 Å². The van der Waals surface area contributed by atoms with Crippen molar-refractivity contribution in [1.29, 1.82) is 0 Å². The van der Waals surface area contributed by atoms with Gasteiger partial charge in [-0.1, -0.05) is 47.7 Å². The lowest BCUT2D eigenvalue weighted by Gasteiger charge is -2.21. The lowest BCUT2D eigenvalue weighted by molar-refractivity contribution is 0.0984. The highest BCUT2D eigenvalue weighted by Gasteiger charge is 2.25. The maximum atomic E-state index is 13.9. The molecule has 0 aliphatic carbocycles. The molecule has 0 unspecified atom stereocenters. The highest BCUT2D eigenvalue weighted by molar-refractivity contribution is 7.98. The molecule has 1 aromatic heterocycles. The summed E-state index contributed by atoms with van der Waals surface area (Å²) in [7, 11) is 4.60. The van der Waals surface area contributed by atoms with E-state index in [1.807, 2.05) is 54.8 Å². The number of carbonyl (C=O) groups is 1. The predicted molar refractivity (Wildman–Crippen MR) is 134 cm³/mol. The number of benzene rings is 3. The van der Waals surface area contributed by atoms with E-state index in [0.717, 1.165) is 20.7 Å². The van der Waals surface area contributed by atoms with Crippen molar-refractivity contribution in [2.24, 2.45) is 0 Å². The van der Waals surface area contributed by atoms with Crippen LogP contribution in [0.3, 0.4) is 0 Å². The van der Waals surface area contributed by atoms with Gasteiger partial charge in [0.25, 0.3) is 5.91 Å². The summed E-state index contributed by atoms with van der Waals surface area (Å²) in [4.78, 5) is 21.5. The van der Waals surface area contributed by atoms with Gasteiger partial charge in [0.15, 0.2) is 16.6 Å². The number of amides is 1. The molecule has 0 aliphatic heterocycles. The highest BCUT2D eigenvalue weighted by atomic mass is 32.2. The number of hydrogen-bond acceptors (Lipinski definition) is 7. The Morgan fingerprint density at radius 2 is 1.67 bits per heavy atom. The first kappa shape index (κ1) is 22.9. The molecule has 0 fully saturated rings. The third-order valence-corrected chi connectivity index (χ3v) is 6.97. The minimum absolute atomic E-state index is 0.206. The van der Waals surface area contributed by atoms with E-state index >= 15 is 0 Å². The molecule has 0 spiro atoms. The van der Waals surface area contributed by atoms with E-state index in [-0.39, 0.29) is 5.91 Å². The van der Waals surface area contributed by atoms with Crippen LogP contribution in [-0.2, 0) is 6.54 Å². The summed E-state index contributed by atoms with van der Waals surface area (Å²) in [6.07, 6.45) is 2.02. The van der Waals surface area contributed by atoms with E-state index in [4.69, 9.17) is 19.2 Å². The molecule has 4 aromatic rings. The fourth-order valence-electron chi connectivity index (χ4n) is 3.54. The van der Waals surface area contributed by atoms with E-state index in [2.05, 4.69) is 0 Å². The number of rotatable bonds is 8. The summed E-state index contributed by atoms with van der Waals surface area (Å²) in [6.45, 7) is 0.380. The van der Waals surface area contributed by atoms with Crippen molar-refractivity contribution in [2.45, 2.75) is 11.4 Å². The van der Waals surface area contributed by atoms with Gasteiger partial charge in [-0.15, -0.1) is 11.8 Å². The first-order valence-electron chi connectivity index (χ1n) is 10.2. The highest BCUT2D eigenvalue weighted by Crippen LogP contribution is 2.40. The van der Waals surface area contributed by atoms with Gasteiger partial charge >= 0.3 is 0 Å². The van der Waals surface area contributed by atoms with Crippen LogP contribution in [0.4, 0.5) is 5.13 Å². The fourth-order valence-corrected chi connectivity index (χ4v) is 5.16. The van der Waals surface area contributed by atoms with Crippen LogP contribution in [0.25, 0.3) is 10.2 Å². The summed E-state index contributed by atoms with van der Waals surface area (Å²) in [5.41, 5.74) is 2.33. The smallest absolute Gasteiger partial charge is 0.260 e. The summed E-state index contributed by atoms with van der Waals surface area (Å²) >= 11 is 3.14. The van der Waals surface area contributed by atoms with E-state index in [9.17, 15) is 4.79 Å². The molecule has 0 saturated heterocycles. The van der Waals surface area contributed by atoms with Crippen molar-refractivity contribution < 1.29 is 19.0 Å².